The summed E-state index contributed by atoms with van der Waals surface area (Å²) in [5.74, 6) is -0.390. The molecular formula is C24H25F3N6O2. The van der Waals surface area contributed by atoms with Gasteiger partial charge in [0.2, 0.25) is 5.91 Å². The topological polar surface area (TPSA) is 93.4 Å². The van der Waals surface area contributed by atoms with Crippen LogP contribution in [0.15, 0.2) is 36.8 Å². The second-order valence-corrected chi connectivity index (χ2v) is 9.31. The summed E-state index contributed by atoms with van der Waals surface area (Å²) in [6.45, 7) is 1.30. The van der Waals surface area contributed by atoms with Crippen molar-refractivity contribution < 1.29 is 22.8 Å². The SMILES string of the molecule is CN(C)C(=O)C1CC2(CCN(C(=O)c3ccncn3)CC2)CN1c1ccc(C#N)c(C(F)(F)F)c1. The minimum atomic E-state index is -4.69. The van der Waals surface area contributed by atoms with Gasteiger partial charge in [0.05, 0.1) is 17.2 Å². The molecule has 35 heavy (non-hydrogen) atoms. The van der Waals surface area contributed by atoms with Crippen molar-refractivity contribution in [1.82, 2.24) is 19.8 Å². The van der Waals surface area contributed by atoms with E-state index in [9.17, 15) is 22.8 Å². The molecule has 2 amide bonds. The Labute approximate surface area is 201 Å². The summed E-state index contributed by atoms with van der Waals surface area (Å²) in [6.07, 6.45) is -0.171. The Morgan fingerprint density at radius 2 is 1.91 bits per heavy atom. The van der Waals surface area contributed by atoms with Crippen LogP contribution in [0.2, 0.25) is 0 Å². The van der Waals surface area contributed by atoms with E-state index in [-0.39, 0.29) is 22.9 Å². The third-order valence-corrected chi connectivity index (χ3v) is 6.91. The molecule has 4 rings (SSSR count). The number of piperidine rings is 1. The minimum absolute atomic E-state index is 0.195. The highest BCUT2D eigenvalue weighted by Gasteiger charge is 2.49. The lowest BCUT2D eigenvalue weighted by molar-refractivity contribution is -0.137. The first-order valence-electron chi connectivity index (χ1n) is 11.2. The fourth-order valence-electron chi connectivity index (χ4n) is 5.01. The summed E-state index contributed by atoms with van der Waals surface area (Å²) in [7, 11) is 3.24. The first-order valence-corrected chi connectivity index (χ1v) is 11.2. The molecule has 0 bridgehead atoms. The second-order valence-electron chi connectivity index (χ2n) is 9.31. The van der Waals surface area contributed by atoms with E-state index in [4.69, 9.17) is 5.26 Å². The van der Waals surface area contributed by atoms with E-state index in [1.807, 2.05) is 0 Å². The van der Waals surface area contributed by atoms with Crippen LogP contribution in [-0.2, 0) is 11.0 Å². The summed E-state index contributed by atoms with van der Waals surface area (Å²) >= 11 is 0. The van der Waals surface area contributed by atoms with Crippen molar-refractivity contribution in [2.75, 3.05) is 38.6 Å². The van der Waals surface area contributed by atoms with Crippen molar-refractivity contribution in [3.05, 3.63) is 53.6 Å². The monoisotopic (exact) mass is 486 g/mol. The third kappa shape index (κ3) is 4.78. The molecule has 3 heterocycles. The van der Waals surface area contributed by atoms with Crippen LogP contribution in [0.1, 0.15) is 40.9 Å². The quantitative estimate of drug-likeness (QED) is 0.662. The maximum Gasteiger partial charge on any atom is 0.417 e. The number of alkyl halides is 3. The second kappa shape index (κ2) is 9.17. The van der Waals surface area contributed by atoms with Crippen molar-refractivity contribution in [2.45, 2.75) is 31.5 Å². The van der Waals surface area contributed by atoms with E-state index in [0.717, 1.165) is 12.1 Å². The molecule has 0 radical (unpaired) electrons. The summed E-state index contributed by atoms with van der Waals surface area (Å²) in [5, 5.41) is 9.14. The molecule has 2 aliphatic heterocycles. The number of rotatable bonds is 3. The number of carbonyl (C=O) groups excluding carboxylic acids is 2. The number of benzene rings is 1. The minimum Gasteiger partial charge on any atom is -0.359 e. The smallest absolute Gasteiger partial charge is 0.359 e. The lowest BCUT2D eigenvalue weighted by atomic mass is 9.76. The molecule has 11 heteroatoms. The lowest BCUT2D eigenvalue weighted by Crippen LogP contribution is -2.44. The van der Waals surface area contributed by atoms with Gasteiger partial charge in [-0.05, 0) is 48.9 Å². The zero-order chi connectivity index (χ0) is 25.4. The number of hydrogen-bond donors (Lipinski definition) is 0. The molecule has 2 aromatic rings. The van der Waals surface area contributed by atoms with Gasteiger partial charge in [0.25, 0.3) is 5.91 Å². The first kappa shape index (κ1) is 24.4. The van der Waals surface area contributed by atoms with Gasteiger partial charge >= 0.3 is 6.18 Å². The number of likely N-dealkylation sites (N-methyl/N-ethyl adjacent to an activating group) is 1. The molecule has 0 aliphatic carbocycles. The number of aromatic nitrogens is 2. The van der Waals surface area contributed by atoms with Gasteiger partial charge in [0.15, 0.2) is 0 Å². The Balaban J connectivity index is 1.60. The van der Waals surface area contributed by atoms with Gasteiger partial charge in [-0.3, -0.25) is 9.59 Å². The van der Waals surface area contributed by atoms with Gasteiger partial charge in [-0.1, -0.05) is 0 Å². The van der Waals surface area contributed by atoms with Crippen LogP contribution in [0.25, 0.3) is 0 Å². The number of carbonyl (C=O) groups is 2. The normalized spacial score (nSPS) is 19.5. The molecule has 1 aromatic heterocycles. The molecule has 1 unspecified atom stereocenters. The maximum atomic E-state index is 13.6. The molecule has 1 spiro atoms. The summed E-state index contributed by atoms with van der Waals surface area (Å²) < 4.78 is 40.8. The van der Waals surface area contributed by atoms with Gasteiger partial charge in [0, 0.05) is 45.6 Å². The number of nitrogens with zero attached hydrogens (tertiary/aromatic N) is 6. The van der Waals surface area contributed by atoms with Crippen LogP contribution >= 0.6 is 0 Å². The number of nitriles is 1. The number of amides is 2. The number of likely N-dealkylation sites (tertiary alicyclic amines) is 1. The van der Waals surface area contributed by atoms with Crippen LogP contribution in [0.5, 0.6) is 0 Å². The summed E-state index contributed by atoms with van der Waals surface area (Å²) in [4.78, 5) is 38.5. The summed E-state index contributed by atoms with van der Waals surface area (Å²) in [6, 6.07) is 6.10. The van der Waals surface area contributed by atoms with Gasteiger partial charge < -0.3 is 14.7 Å². The van der Waals surface area contributed by atoms with Crippen LogP contribution in [0, 0.1) is 16.7 Å². The van der Waals surface area contributed by atoms with Crippen LogP contribution in [0.3, 0.4) is 0 Å². The molecular weight excluding hydrogens is 461 g/mol. The summed E-state index contributed by atoms with van der Waals surface area (Å²) in [5.41, 5.74) is -1.23. The van der Waals surface area contributed by atoms with E-state index in [0.29, 0.717) is 44.6 Å². The highest BCUT2D eigenvalue weighted by atomic mass is 19.4. The average Bonchev–Trinajstić information content (AvgIpc) is 3.22. The number of hydrogen-bond acceptors (Lipinski definition) is 6. The number of halogens is 3. The van der Waals surface area contributed by atoms with Crippen molar-refractivity contribution in [3.63, 3.8) is 0 Å². The predicted octanol–water partition coefficient (Wildman–Crippen LogP) is 2.96. The Morgan fingerprint density at radius 1 is 1.20 bits per heavy atom. The fourth-order valence-corrected chi connectivity index (χ4v) is 5.01. The molecule has 2 saturated heterocycles. The highest BCUT2D eigenvalue weighted by Crippen LogP contribution is 2.46. The van der Waals surface area contributed by atoms with Gasteiger partial charge in [-0.15, -0.1) is 0 Å². The Bertz CT molecular complexity index is 1150. The van der Waals surface area contributed by atoms with E-state index >= 15 is 0 Å². The molecule has 0 N–H and O–H groups in total. The average molecular weight is 486 g/mol. The Kier molecular flexibility index (Phi) is 6.40. The van der Waals surface area contributed by atoms with Gasteiger partial charge in [0.1, 0.15) is 18.1 Å². The molecule has 8 nitrogen and oxygen atoms in total. The van der Waals surface area contributed by atoms with Crippen molar-refractivity contribution in [1.29, 1.82) is 5.26 Å². The number of anilines is 1. The van der Waals surface area contributed by atoms with Crippen LogP contribution in [0.4, 0.5) is 18.9 Å². The lowest BCUT2D eigenvalue weighted by Gasteiger charge is -2.39. The van der Waals surface area contributed by atoms with Crippen LogP contribution < -0.4 is 4.90 Å². The molecule has 2 aliphatic rings. The standard InChI is InChI=1S/C24H25F3N6O2/c1-31(2)22(35)20-12-23(6-9-32(10-7-23)21(34)19-5-8-29-15-30-19)14-33(20)17-4-3-16(13-28)18(11-17)24(25,26)27/h3-5,8,11,15,20H,6-7,9-10,12,14H2,1-2H3. The van der Waals surface area contributed by atoms with E-state index in [1.165, 1.54) is 23.5 Å². The Hall–Kier alpha value is -3.68. The molecule has 184 valence electrons. The van der Waals surface area contributed by atoms with E-state index < -0.39 is 23.3 Å². The van der Waals surface area contributed by atoms with Gasteiger partial charge in [-0.2, -0.15) is 18.4 Å². The predicted molar refractivity (Wildman–Crippen MR) is 120 cm³/mol. The zero-order valence-corrected chi connectivity index (χ0v) is 19.4. The molecule has 1 atom stereocenters. The van der Waals surface area contributed by atoms with E-state index in [2.05, 4.69) is 9.97 Å². The molecule has 0 saturated carbocycles. The zero-order valence-electron chi connectivity index (χ0n) is 19.4. The molecule has 1 aromatic carbocycles. The van der Waals surface area contributed by atoms with Crippen molar-refractivity contribution in [3.8, 4) is 6.07 Å². The van der Waals surface area contributed by atoms with Crippen molar-refractivity contribution in [2.24, 2.45) is 5.41 Å². The largest absolute Gasteiger partial charge is 0.417 e. The van der Waals surface area contributed by atoms with E-state index in [1.54, 1.807) is 36.0 Å². The van der Waals surface area contributed by atoms with Crippen LogP contribution in [-0.4, -0.2) is 71.4 Å². The maximum absolute atomic E-state index is 13.6. The van der Waals surface area contributed by atoms with Crippen molar-refractivity contribution >= 4 is 17.5 Å². The van der Waals surface area contributed by atoms with Gasteiger partial charge in [-0.25, -0.2) is 9.97 Å². The fraction of sp³-hybridized carbons (Fsp3) is 0.458. The third-order valence-electron chi connectivity index (χ3n) is 6.91. The highest BCUT2D eigenvalue weighted by molar-refractivity contribution is 5.92. The Morgan fingerprint density at radius 3 is 2.49 bits per heavy atom. The molecule has 2 fully saturated rings. The first-order chi connectivity index (χ1) is 16.5.